The summed E-state index contributed by atoms with van der Waals surface area (Å²) in [7, 11) is 3.69. The number of carbonyl (C=O) groups is 3. The number of nitrogens with zero attached hydrogens (tertiary/aromatic N) is 1. The number of likely N-dealkylation sites (N-methyl/N-ethyl adjacent to an activating group) is 1. The highest BCUT2D eigenvalue weighted by molar-refractivity contribution is 6.03. The van der Waals surface area contributed by atoms with Crippen LogP contribution in [0.3, 0.4) is 0 Å². The zero-order valence-electron chi connectivity index (χ0n) is 18.3. The van der Waals surface area contributed by atoms with E-state index in [9.17, 15) is 14.4 Å². The van der Waals surface area contributed by atoms with Crippen LogP contribution in [-0.2, 0) is 11.2 Å². The van der Waals surface area contributed by atoms with Crippen LogP contribution in [-0.4, -0.2) is 49.7 Å². The lowest BCUT2D eigenvalue weighted by Crippen LogP contribution is -2.46. The molecule has 0 aromatic heterocycles. The minimum absolute atomic E-state index is 0.0722. The van der Waals surface area contributed by atoms with Gasteiger partial charge in [0.05, 0.1) is 11.6 Å². The highest BCUT2D eigenvalue weighted by atomic mass is 16.2. The van der Waals surface area contributed by atoms with Gasteiger partial charge in [0, 0.05) is 24.7 Å². The lowest BCUT2D eigenvalue weighted by molar-refractivity contribution is -0.121. The topological polar surface area (TPSA) is 78.5 Å². The highest BCUT2D eigenvalue weighted by Gasteiger charge is 2.30. The molecule has 1 saturated heterocycles. The molecule has 0 spiro atoms. The normalized spacial score (nSPS) is 16.3. The fourth-order valence-corrected chi connectivity index (χ4v) is 4.02. The number of hydrogen-bond acceptors (Lipinski definition) is 4. The summed E-state index contributed by atoms with van der Waals surface area (Å²) in [4.78, 5) is 38.1. The van der Waals surface area contributed by atoms with Crippen molar-refractivity contribution in [2.45, 2.75) is 63.8 Å². The smallest absolute Gasteiger partial charge is 0.255 e. The zero-order chi connectivity index (χ0) is 21.9. The van der Waals surface area contributed by atoms with E-state index in [1.54, 1.807) is 18.0 Å². The van der Waals surface area contributed by atoms with Crippen molar-refractivity contribution < 1.29 is 14.4 Å². The molecule has 1 atom stereocenters. The Bertz CT molecular complexity index is 760. The number of rotatable bonds is 12. The second-order valence-corrected chi connectivity index (χ2v) is 8.02. The van der Waals surface area contributed by atoms with Crippen molar-refractivity contribution >= 4 is 18.1 Å². The summed E-state index contributed by atoms with van der Waals surface area (Å²) >= 11 is 0. The number of piperidine rings is 1. The summed E-state index contributed by atoms with van der Waals surface area (Å²) in [5.41, 5.74) is 2.35. The third kappa shape index (κ3) is 6.52. The number of hydrogen-bond donors (Lipinski definition) is 2. The van der Waals surface area contributed by atoms with Crippen LogP contribution in [0.25, 0.3) is 0 Å². The monoisotopic (exact) mass is 413 g/mol. The molecule has 1 heterocycles. The Hall–Kier alpha value is -2.47. The molecule has 164 valence electrons. The van der Waals surface area contributed by atoms with Gasteiger partial charge in [-0.3, -0.25) is 14.4 Å². The molecule has 0 aliphatic carbocycles. The molecule has 0 saturated carbocycles. The van der Waals surface area contributed by atoms with Crippen molar-refractivity contribution in [2.75, 3.05) is 20.6 Å². The second kappa shape index (κ2) is 12.3. The van der Waals surface area contributed by atoms with E-state index in [0.29, 0.717) is 29.7 Å². The van der Waals surface area contributed by atoms with Gasteiger partial charge in [0.1, 0.15) is 0 Å². The third-order valence-electron chi connectivity index (χ3n) is 5.78. The molecule has 2 amide bonds. The Kier molecular flexibility index (Phi) is 9.74. The molecule has 2 rings (SSSR count). The van der Waals surface area contributed by atoms with Crippen LogP contribution in [0.5, 0.6) is 0 Å². The number of amides is 2. The van der Waals surface area contributed by atoms with E-state index in [0.717, 1.165) is 37.7 Å². The maximum absolute atomic E-state index is 13.3. The number of carbonyl (C=O) groups excluding carboxylic acids is 3. The second-order valence-electron chi connectivity index (χ2n) is 8.02. The van der Waals surface area contributed by atoms with Gasteiger partial charge in [0.15, 0.2) is 6.29 Å². The van der Waals surface area contributed by atoms with Gasteiger partial charge in [-0.05, 0) is 44.8 Å². The van der Waals surface area contributed by atoms with Gasteiger partial charge in [0.2, 0.25) is 5.91 Å². The first kappa shape index (κ1) is 23.8. The Labute approximate surface area is 180 Å². The summed E-state index contributed by atoms with van der Waals surface area (Å²) in [5, 5.41) is 5.89. The Morgan fingerprint density at radius 2 is 1.93 bits per heavy atom. The molecule has 1 aromatic rings. The van der Waals surface area contributed by atoms with Crippen LogP contribution in [0, 0.1) is 0 Å². The van der Waals surface area contributed by atoms with E-state index in [-0.39, 0.29) is 17.9 Å². The molecule has 6 nitrogen and oxygen atoms in total. The first-order valence-corrected chi connectivity index (χ1v) is 11.0. The Morgan fingerprint density at radius 1 is 1.23 bits per heavy atom. The van der Waals surface area contributed by atoms with E-state index in [2.05, 4.69) is 17.2 Å². The number of aryl methyl sites for hydroxylation is 1. The average molecular weight is 414 g/mol. The molecule has 6 heteroatoms. The predicted molar refractivity (Wildman–Crippen MR) is 120 cm³/mol. The van der Waals surface area contributed by atoms with Crippen LogP contribution >= 0.6 is 0 Å². The van der Waals surface area contributed by atoms with Crippen molar-refractivity contribution in [1.82, 2.24) is 15.5 Å². The maximum Gasteiger partial charge on any atom is 0.255 e. The third-order valence-corrected chi connectivity index (χ3v) is 5.78. The zero-order valence-corrected chi connectivity index (χ0v) is 18.3. The summed E-state index contributed by atoms with van der Waals surface area (Å²) in [6.07, 6.45) is 9.37. The van der Waals surface area contributed by atoms with Crippen molar-refractivity contribution in [2.24, 2.45) is 0 Å². The molecule has 0 bridgehead atoms. The number of benzene rings is 1. The number of aldehydes is 1. The fraction of sp³-hybridized carbons (Fsp3) is 0.542. The first-order chi connectivity index (χ1) is 14.5. The minimum atomic E-state index is -0.264. The standard InChI is InChI=1S/C24H35N3O3/c1-18-21(14-15-22(29)26-18)27(3)24(30)23-19(12-10-13-20(23)17-28)11-8-6-4-5-7-9-16-25-2/h10,12-13,17,21,25H,1,4-9,11,14-16H2,2-3H3,(H,26,29). The van der Waals surface area contributed by atoms with E-state index in [1.807, 2.05) is 19.2 Å². The van der Waals surface area contributed by atoms with Crippen molar-refractivity contribution in [3.63, 3.8) is 0 Å². The van der Waals surface area contributed by atoms with Gasteiger partial charge < -0.3 is 15.5 Å². The summed E-state index contributed by atoms with van der Waals surface area (Å²) in [5.74, 6) is -0.265. The summed E-state index contributed by atoms with van der Waals surface area (Å²) < 4.78 is 0. The van der Waals surface area contributed by atoms with Crippen LogP contribution < -0.4 is 10.6 Å². The van der Waals surface area contributed by atoms with Gasteiger partial charge in [-0.1, -0.05) is 50.5 Å². The fourth-order valence-electron chi connectivity index (χ4n) is 4.02. The molecule has 2 N–H and O–H groups in total. The highest BCUT2D eigenvalue weighted by Crippen LogP contribution is 2.23. The quantitative estimate of drug-likeness (QED) is 0.406. The van der Waals surface area contributed by atoms with Gasteiger partial charge >= 0.3 is 0 Å². The van der Waals surface area contributed by atoms with Crippen molar-refractivity contribution in [3.8, 4) is 0 Å². The van der Waals surface area contributed by atoms with Gasteiger partial charge in [-0.2, -0.15) is 0 Å². The van der Waals surface area contributed by atoms with Crippen molar-refractivity contribution in [3.05, 3.63) is 47.2 Å². The minimum Gasteiger partial charge on any atom is -0.333 e. The first-order valence-electron chi connectivity index (χ1n) is 11.0. The van der Waals surface area contributed by atoms with Gasteiger partial charge in [-0.25, -0.2) is 0 Å². The maximum atomic E-state index is 13.3. The molecular formula is C24H35N3O3. The SMILES string of the molecule is C=C1NC(=O)CCC1N(C)C(=O)c1c(C=O)cccc1CCCCCCCCNC. The average Bonchev–Trinajstić information content (AvgIpc) is 2.74. The lowest BCUT2D eigenvalue weighted by atomic mass is 9.94. The summed E-state index contributed by atoms with van der Waals surface area (Å²) in [6, 6.07) is 5.21. The van der Waals surface area contributed by atoms with E-state index in [1.165, 1.54) is 25.7 Å². The molecule has 1 aliphatic heterocycles. The summed E-state index contributed by atoms with van der Waals surface area (Å²) in [6.45, 7) is 4.97. The van der Waals surface area contributed by atoms with E-state index < -0.39 is 0 Å². The molecule has 0 radical (unpaired) electrons. The largest absolute Gasteiger partial charge is 0.333 e. The lowest BCUT2D eigenvalue weighted by Gasteiger charge is -2.33. The van der Waals surface area contributed by atoms with Crippen LogP contribution in [0.2, 0.25) is 0 Å². The van der Waals surface area contributed by atoms with Gasteiger partial charge in [0.25, 0.3) is 5.91 Å². The van der Waals surface area contributed by atoms with Crippen LogP contribution in [0.4, 0.5) is 0 Å². The molecule has 30 heavy (non-hydrogen) atoms. The van der Waals surface area contributed by atoms with Gasteiger partial charge in [-0.15, -0.1) is 0 Å². The van der Waals surface area contributed by atoms with E-state index >= 15 is 0 Å². The molecule has 1 aromatic carbocycles. The predicted octanol–water partition coefficient (Wildman–Crippen LogP) is 3.47. The number of unbranched alkanes of at least 4 members (excludes halogenated alkanes) is 5. The number of nitrogens with one attached hydrogen (secondary N) is 2. The van der Waals surface area contributed by atoms with Crippen molar-refractivity contribution in [1.29, 1.82) is 0 Å². The molecular weight excluding hydrogens is 378 g/mol. The molecule has 1 aliphatic rings. The Morgan fingerprint density at radius 3 is 2.60 bits per heavy atom. The van der Waals surface area contributed by atoms with Crippen LogP contribution in [0.15, 0.2) is 30.5 Å². The molecule has 1 fully saturated rings. The van der Waals surface area contributed by atoms with E-state index in [4.69, 9.17) is 0 Å². The Balaban J connectivity index is 2.02. The van der Waals surface area contributed by atoms with Crippen LogP contribution in [0.1, 0.15) is 77.6 Å². The molecule has 1 unspecified atom stereocenters.